The summed E-state index contributed by atoms with van der Waals surface area (Å²) in [6, 6.07) is 0. The summed E-state index contributed by atoms with van der Waals surface area (Å²) in [5.74, 6) is 1.67. The fraction of sp³-hybridized carbons (Fsp3) is 0.714. The van der Waals surface area contributed by atoms with Crippen LogP contribution in [0.1, 0.15) is 6.92 Å². The summed E-state index contributed by atoms with van der Waals surface area (Å²) < 4.78 is 0. The second-order valence-electron chi connectivity index (χ2n) is 2.66. The Labute approximate surface area is 72.6 Å². The molecule has 68 valence electrons. The summed E-state index contributed by atoms with van der Waals surface area (Å²) >= 11 is 0. The van der Waals surface area contributed by atoms with Crippen LogP contribution in [-0.4, -0.2) is 44.1 Å². The van der Waals surface area contributed by atoms with E-state index < -0.39 is 0 Å². The third-order valence-corrected chi connectivity index (χ3v) is 1.75. The minimum Gasteiger partial charge on any atom is -0.336 e. The standard InChI is InChI=1S/C7H15N5/c1-5-10-6(8-2)12(4)7(9-3)11-5/h5H,1-4H3,(H,8,10)(H,9,11). The van der Waals surface area contributed by atoms with Crippen molar-refractivity contribution in [3.05, 3.63) is 0 Å². The van der Waals surface area contributed by atoms with Crippen molar-refractivity contribution in [2.75, 3.05) is 21.1 Å². The Morgan fingerprint density at radius 2 is 1.58 bits per heavy atom. The summed E-state index contributed by atoms with van der Waals surface area (Å²) in [6.07, 6.45) is 0.179. The van der Waals surface area contributed by atoms with E-state index in [0.29, 0.717) is 0 Å². The van der Waals surface area contributed by atoms with E-state index in [1.54, 1.807) is 14.1 Å². The first-order chi connectivity index (χ1) is 5.69. The molecule has 0 unspecified atom stereocenters. The van der Waals surface area contributed by atoms with Gasteiger partial charge in [-0.3, -0.25) is 14.9 Å². The molecule has 12 heavy (non-hydrogen) atoms. The lowest BCUT2D eigenvalue weighted by Gasteiger charge is -2.33. The third kappa shape index (κ3) is 1.49. The average Bonchev–Trinajstić information content (AvgIpc) is 2.08. The number of hydrogen-bond donors (Lipinski definition) is 2. The van der Waals surface area contributed by atoms with Gasteiger partial charge in [-0.2, -0.15) is 0 Å². The normalized spacial score (nSPS) is 30.3. The van der Waals surface area contributed by atoms with Crippen LogP contribution in [0.5, 0.6) is 0 Å². The topological polar surface area (TPSA) is 52.0 Å². The SMILES string of the molecule is CN=C1NC(C)NC(=NC)N1C. The first kappa shape index (κ1) is 8.83. The van der Waals surface area contributed by atoms with E-state index in [-0.39, 0.29) is 6.17 Å². The van der Waals surface area contributed by atoms with Gasteiger partial charge in [-0.05, 0) is 6.92 Å². The zero-order chi connectivity index (χ0) is 9.14. The number of nitrogens with zero attached hydrogens (tertiary/aromatic N) is 3. The molecule has 0 atom stereocenters. The smallest absolute Gasteiger partial charge is 0.201 e. The van der Waals surface area contributed by atoms with Crippen LogP contribution in [0.4, 0.5) is 0 Å². The van der Waals surface area contributed by atoms with Crippen molar-refractivity contribution in [3.63, 3.8) is 0 Å². The highest BCUT2D eigenvalue weighted by Gasteiger charge is 2.20. The number of guanidine groups is 2. The molecule has 5 nitrogen and oxygen atoms in total. The van der Waals surface area contributed by atoms with E-state index >= 15 is 0 Å². The summed E-state index contributed by atoms with van der Waals surface area (Å²) in [4.78, 5) is 10.1. The van der Waals surface area contributed by atoms with Crippen LogP contribution in [0.2, 0.25) is 0 Å². The van der Waals surface area contributed by atoms with Gasteiger partial charge in [0.15, 0.2) is 0 Å². The van der Waals surface area contributed by atoms with E-state index in [1.165, 1.54) is 0 Å². The van der Waals surface area contributed by atoms with Crippen molar-refractivity contribution in [3.8, 4) is 0 Å². The number of rotatable bonds is 0. The maximum absolute atomic E-state index is 4.09. The van der Waals surface area contributed by atoms with Gasteiger partial charge in [0.2, 0.25) is 11.9 Å². The molecule has 1 heterocycles. The molecule has 0 aromatic rings. The van der Waals surface area contributed by atoms with Crippen molar-refractivity contribution in [1.82, 2.24) is 15.5 Å². The van der Waals surface area contributed by atoms with Crippen molar-refractivity contribution in [1.29, 1.82) is 0 Å². The van der Waals surface area contributed by atoms with Crippen molar-refractivity contribution < 1.29 is 0 Å². The molecule has 0 aromatic heterocycles. The maximum Gasteiger partial charge on any atom is 0.201 e. The summed E-state index contributed by atoms with van der Waals surface area (Å²) in [6.45, 7) is 2.02. The van der Waals surface area contributed by atoms with E-state index in [2.05, 4.69) is 20.6 Å². The van der Waals surface area contributed by atoms with Gasteiger partial charge in [0.25, 0.3) is 0 Å². The highest BCUT2D eigenvalue weighted by molar-refractivity contribution is 6.00. The monoisotopic (exact) mass is 169 g/mol. The Balaban J connectivity index is 2.82. The first-order valence-corrected chi connectivity index (χ1v) is 3.89. The molecule has 0 bridgehead atoms. The molecule has 1 saturated heterocycles. The molecule has 0 saturated carbocycles. The number of hydrogen-bond acceptors (Lipinski definition) is 2. The van der Waals surface area contributed by atoms with Crippen LogP contribution < -0.4 is 10.6 Å². The van der Waals surface area contributed by atoms with Gasteiger partial charge < -0.3 is 10.6 Å². The van der Waals surface area contributed by atoms with Gasteiger partial charge in [-0.15, -0.1) is 0 Å². The van der Waals surface area contributed by atoms with E-state index in [9.17, 15) is 0 Å². The lowest BCUT2D eigenvalue weighted by atomic mass is 10.4. The largest absolute Gasteiger partial charge is 0.336 e. The summed E-state index contributed by atoms with van der Waals surface area (Å²) in [5, 5.41) is 6.33. The molecule has 0 aliphatic carbocycles. The Morgan fingerprint density at radius 3 is 1.92 bits per heavy atom. The first-order valence-electron chi connectivity index (χ1n) is 3.89. The van der Waals surface area contributed by atoms with Crippen LogP contribution in [0.15, 0.2) is 9.98 Å². The van der Waals surface area contributed by atoms with Crippen LogP contribution in [0.3, 0.4) is 0 Å². The molecular formula is C7H15N5. The van der Waals surface area contributed by atoms with Crippen LogP contribution in [-0.2, 0) is 0 Å². The lowest BCUT2D eigenvalue weighted by Crippen LogP contribution is -2.62. The minimum absolute atomic E-state index is 0.179. The van der Waals surface area contributed by atoms with Gasteiger partial charge >= 0.3 is 0 Å². The minimum atomic E-state index is 0.179. The quantitative estimate of drug-likeness (QED) is 0.510. The Kier molecular flexibility index (Phi) is 2.52. The van der Waals surface area contributed by atoms with E-state index in [1.807, 2.05) is 18.9 Å². The van der Waals surface area contributed by atoms with E-state index in [0.717, 1.165) is 11.9 Å². The molecule has 5 heteroatoms. The van der Waals surface area contributed by atoms with Crippen molar-refractivity contribution in [2.24, 2.45) is 9.98 Å². The van der Waals surface area contributed by atoms with Gasteiger partial charge in [0.1, 0.15) is 0 Å². The molecule has 0 radical (unpaired) electrons. The molecule has 2 N–H and O–H groups in total. The molecule has 1 aliphatic rings. The van der Waals surface area contributed by atoms with Gasteiger partial charge in [-0.1, -0.05) is 0 Å². The number of aliphatic imine (C=N–C) groups is 2. The predicted molar refractivity (Wildman–Crippen MR) is 50.2 cm³/mol. The second-order valence-corrected chi connectivity index (χ2v) is 2.66. The van der Waals surface area contributed by atoms with Crippen LogP contribution >= 0.6 is 0 Å². The number of nitrogens with one attached hydrogen (secondary N) is 2. The lowest BCUT2D eigenvalue weighted by molar-refractivity contribution is 0.502. The van der Waals surface area contributed by atoms with Crippen molar-refractivity contribution >= 4 is 11.9 Å². The fourth-order valence-corrected chi connectivity index (χ4v) is 1.15. The zero-order valence-electron chi connectivity index (χ0n) is 7.92. The second kappa shape index (κ2) is 3.42. The van der Waals surface area contributed by atoms with E-state index in [4.69, 9.17) is 0 Å². The van der Waals surface area contributed by atoms with Gasteiger partial charge in [0, 0.05) is 21.1 Å². The van der Waals surface area contributed by atoms with Crippen LogP contribution in [0, 0.1) is 0 Å². The molecule has 1 aliphatic heterocycles. The van der Waals surface area contributed by atoms with Gasteiger partial charge in [-0.25, -0.2) is 0 Å². The molecular weight excluding hydrogens is 154 g/mol. The summed E-state index contributed by atoms with van der Waals surface area (Å²) in [5.41, 5.74) is 0. The third-order valence-electron chi connectivity index (χ3n) is 1.75. The molecule has 0 aromatic carbocycles. The molecule has 1 rings (SSSR count). The molecule has 0 amide bonds. The Hall–Kier alpha value is -1.26. The van der Waals surface area contributed by atoms with Crippen molar-refractivity contribution in [2.45, 2.75) is 13.1 Å². The molecule has 0 spiro atoms. The highest BCUT2D eigenvalue weighted by Crippen LogP contribution is 1.95. The van der Waals surface area contributed by atoms with Gasteiger partial charge in [0.05, 0.1) is 6.17 Å². The van der Waals surface area contributed by atoms with Crippen LogP contribution in [0.25, 0.3) is 0 Å². The highest BCUT2D eigenvalue weighted by atomic mass is 15.4. The maximum atomic E-state index is 4.09. The average molecular weight is 169 g/mol. The Bertz CT molecular complexity index is 198. The summed E-state index contributed by atoms with van der Waals surface area (Å²) in [7, 11) is 5.42. The zero-order valence-corrected chi connectivity index (χ0v) is 7.92. The molecule has 1 fully saturated rings. The Morgan fingerprint density at radius 1 is 1.17 bits per heavy atom. The predicted octanol–water partition coefficient (Wildman–Crippen LogP) is -0.571. The fourth-order valence-electron chi connectivity index (χ4n) is 1.15.